The maximum absolute atomic E-state index is 14.4. The molecule has 2 saturated heterocycles. The van der Waals surface area contributed by atoms with Crippen molar-refractivity contribution < 1.29 is 13.9 Å². The summed E-state index contributed by atoms with van der Waals surface area (Å²) in [5, 5.41) is 3.58. The van der Waals surface area contributed by atoms with E-state index in [1.54, 1.807) is 7.05 Å². The van der Waals surface area contributed by atoms with Gasteiger partial charge >= 0.3 is 5.97 Å². The van der Waals surface area contributed by atoms with Gasteiger partial charge in [-0.3, -0.25) is 24.0 Å². The summed E-state index contributed by atoms with van der Waals surface area (Å²) >= 11 is 0. The van der Waals surface area contributed by atoms with Crippen molar-refractivity contribution in [1.82, 2.24) is 24.8 Å². The van der Waals surface area contributed by atoms with E-state index in [-0.39, 0.29) is 23.1 Å². The Morgan fingerprint density at radius 2 is 1.87 bits per heavy atom. The first-order chi connectivity index (χ1) is 18.9. The van der Waals surface area contributed by atoms with Gasteiger partial charge in [-0.05, 0) is 23.8 Å². The Morgan fingerprint density at radius 3 is 2.59 bits per heavy atom. The zero-order valence-electron chi connectivity index (χ0n) is 22.3. The molecular weight excluding hydrogens is 501 g/mol. The van der Waals surface area contributed by atoms with Gasteiger partial charge in [0.05, 0.1) is 11.9 Å². The minimum atomic E-state index is -0.508. The Morgan fingerprint density at radius 1 is 1.10 bits per heavy atom. The SMILES string of the molecule is CC(=O)OCCN1CCN(c2ccc(C3CN(c4nc(-c5ccncc5F)cc(=O)n4C)CCN3)cc2)CC1. The van der Waals surface area contributed by atoms with Gasteiger partial charge in [-0.2, -0.15) is 0 Å². The molecule has 2 aliphatic heterocycles. The molecule has 2 aromatic heterocycles. The molecule has 1 N–H and O–H groups in total. The Labute approximate surface area is 227 Å². The van der Waals surface area contributed by atoms with Gasteiger partial charge in [0.25, 0.3) is 5.56 Å². The molecule has 0 radical (unpaired) electrons. The number of pyridine rings is 1. The largest absolute Gasteiger partial charge is 0.465 e. The number of carbonyl (C=O) groups excluding carboxylic acids is 1. The molecule has 4 heterocycles. The van der Waals surface area contributed by atoms with E-state index in [1.165, 1.54) is 35.5 Å². The summed E-state index contributed by atoms with van der Waals surface area (Å²) in [5.41, 5.74) is 2.67. The van der Waals surface area contributed by atoms with Crippen LogP contribution in [0.2, 0.25) is 0 Å². The van der Waals surface area contributed by atoms with Gasteiger partial charge in [0, 0.05) is 95.9 Å². The van der Waals surface area contributed by atoms with Crippen molar-refractivity contribution in [2.75, 3.05) is 68.8 Å². The molecule has 0 amide bonds. The molecule has 3 aromatic rings. The highest BCUT2D eigenvalue weighted by molar-refractivity contribution is 5.65. The first-order valence-corrected chi connectivity index (χ1v) is 13.3. The number of piperazine rings is 2. The van der Waals surface area contributed by atoms with Crippen LogP contribution in [0.15, 0.2) is 53.6 Å². The summed E-state index contributed by atoms with van der Waals surface area (Å²) in [5.74, 6) is -0.229. The van der Waals surface area contributed by atoms with Crippen molar-refractivity contribution in [3.63, 3.8) is 0 Å². The molecule has 39 heavy (non-hydrogen) atoms. The second kappa shape index (κ2) is 11.9. The standard InChI is InChI=1S/C28H34FN7O3/c1-20(37)39-16-15-34-11-13-35(14-12-34)22-5-3-21(4-6-22)26-19-36(10-9-31-26)28-32-25(17-27(38)33(28)2)23-7-8-30-18-24(23)29/h3-8,17-18,26,31H,9-16,19H2,1-2H3. The molecule has 1 unspecified atom stereocenters. The van der Waals surface area contributed by atoms with E-state index in [1.807, 2.05) is 0 Å². The molecule has 0 saturated carbocycles. The van der Waals surface area contributed by atoms with Crippen LogP contribution >= 0.6 is 0 Å². The molecule has 1 aromatic carbocycles. The van der Waals surface area contributed by atoms with Gasteiger partial charge in [0.1, 0.15) is 6.61 Å². The Hall–Kier alpha value is -3.83. The summed E-state index contributed by atoms with van der Waals surface area (Å²) in [7, 11) is 1.69. The topological polar surface area (TPSA) is 95.8 Å². The van der Waals surface area contributed by atoms with Gasteiger partial charge in [0.2, 0.25) is 5.95 Å². The summed E-state index contributed by atoms with van der Waals surface area (Å²) in [6, 6.07) is 11.6. The van der Waals surface area contributed by atoms with E-state index < -0.39 is 5.82 Å². The lowest BCUT2D eigenvalue weighted by Gasteiger charge is -2.37. The van der Waals surface area contributed by atoms with Crippen molar-refractivity contribution in [2.45, 2.75) is 13.0 Å². The van der Waals surface area contributed by atoms with Gasteiger partial charge in [-0.15, -0.1) is 0 Å². The third-order valence-electron chi connectivity index (χ3n) is 7.36. The van der Waals surface area contributed by atoms with Crippen LogP contribution in [0, 0.1) is 5.82 Å². The van der Waals surface area contributed by atoms with Gasteiger partial charge < -0.3 is 19.9 Å². The number of esters is 1. The van der Waals surface area contributed by atoms with Crippen LogP contribution in [-0.2, 0) is 16.6 Å². The second-order valence-electron chi connectivity index (χ2n) is 9.91. The van der Waals surface area contributed by atoms with E-state index in [9.17, 15) is 14.0 Å². The zero-order valence-corrected chi connectivity index (χ0v) is 22.3. The summed E-state index contributed by atoms with van der Waals surface area (Å²) in [4.78, 5) is 39.0. The van der Waals surface area contributed by atoms with E-state index in [2.05, 4.69) is 54.2 Å². The highest BCUT2D eigenvalue weighted by Gasteiger charge is 2.25. The van der Waals surface area contributed by atoms with Crippen molar-refractivity contribution in [3.8, 4) is 11.3 Å². The quantitative estimate of drug-likeness (QED) is 0.455. The van der Waals surface area contributed by atoms with Crippen LogP contribution in [-0.4, -0.2) is 84.4 Å². The van der Waals surface area contributed by atoms with Crippen LogP contribution < -0.4 is 20.7 Å². The number of rotatable bonds is 7. The molecule has 11 heteroatoms. The van der Waals surface area contributed by atoms with E-state index in [4.69, 9.17) is 4.74 Å². The predicted octanol–water partition coefficient (Wildman–Crippen LogP) is 1.82. The van der Waals surface area contributed by atoms with Crippen LogP contribution in [0.3, 0.4) is 0 Å². The number of hydrogen-bond donors (Lipinski definition) is 1. The minimum absolute atomic E-state index is 0.0594. The monoisotopic (exact) mass is 535 g/mol. The zero-order chi connectivity index (χ0) is 27.4. The average molecular weight is 536 g/mol. The highest BCUT2D eigenvalue weighted by Crippen LogP contribution is 2.26. The molecule has 0 bridgehead atoms. The van der Waals surface area contributed by atoms with E-state index >= 15 is 0 Å². The molecule has 0 spiro atoms. The summed E-state index contributed by atoms with van der Waals surface area (Å²) in [6.07, 6.45) is 2.62. The number of carbonyl (C=O) groups is 1. The first-order valence-electron chi connectivity index (χ1n) is 13.3. The van der Waals surface area contributed by atoms with Crippen molar-refractivity contribution >= 4 is 17.6 Å². The number of nitrogens with one attached hydrogen (secondary N) is 1. The van der Waals surface area contributed by atoms with Crippen LogP contribution in [0.1, 0.15) is 18.5 Å². The maximum Gasteiger partial charge on any atom is 0.302 e. The summed E-state index contributed by atoms with van der Waals surface area (Å²) in [6.45, 7) is 8.36. The number of anilines is 2. The molecule has 10 nitrogen and oxygen atoms in total. The fourth-order valence-corrected chi connectivity index (χ4v) is 5.15. The van der Waals surface area contributed by atoms with Gasteiger partial charge in [0.15, 0.2) is 5.82 Å². The lowest BCUT2D eigenvalue weighted by Crippen LogP contribution is -2.48. The lowest BCUT2D eigenvalue weighted by atomic mass is 10.0. The Kier molecular flexibility index (Phi) is 8.18. The van der Waals surface area contributed by atoms with E-state index in [0.717, 1.165) is 51.0 Å². The lowest BCUT2D eigenvalue weighted by molar-refractivity contribution is -0.141. The molecule has 0 aliphatic carbocycles. The van der Waals surface area contributed by atoms with Crippen molar-refractivity contribution in [2.24, 2.45) is 7.05 Å². The minimum Gasteiger partial charge on any atom is -0.465 e. The number of benzene rings is 1. The van der Waals surface area contributed by atoms with E-state index in [0.29, 0.717) is 31.3 Å². The third kappa shape index (κ3) is 6.26. The molecular formula is C28H34FN7O3. The van der Waals surface area contributed by atoms with Crippen molar-refractivity contribution in [1.29, 1.82) is 0 Å². The first kappa shape index (κ1) is 26.8. The molecule has 2 aliphatic rings. The summed E-state index contributed by atoms with van der Waals surface area (Å²) < 4.78 is 20.9. The normalized spacial score (nSPS) is 18.3. The Bertz CT molecular complexity index is 1360. The Balaban J connectivity index is 1.24. The number of nitrogens with zero attached hydrogens (tertiary/aromatic N) is 6. The predicted molar refractivity (Wildman–Crippen MR) is 147 cm³/mol. The average Bonchev–Trinajstić information content (AvgIpc) is 2.95. The number of ether oxygens (including phenoxy) is 1. The van der Waals surface area contributed by atoms with Gasteiger partial charge in [-0.1, -0.05) is 12.1 Å². The molecule has 5 rings (SSSR count). The van der Waals surface area contributed by atoms with Gasteiger partial charge in [-0.25, -0.2) is 9.37 Å². The number of aromatic nitrogens is 3. The van der Waals surface area contributed by atoms with Crippen LogP contribution in [0.25, 0.3) is 11.3 Å². The van der Waals surface area contributed by atoms with Crippen LogP contribution in [0.4, 0.5) is 16.0 Å². The molecule has 1 atom stereocenters. The molecule has 2 fully saturated rings. The van der Waals surface area contributed by atoms with Crippen molar-refractivity contribution in [3.05, 3.63) is 70.5 Å². The second-order valence-corrected chi connectivity index (χ2v) is 9.91. The number of hydrogen-bond acceptors (Lipinski definition) is 9. The molecule has 206 valence electrons. The fraction of sp³-hybridized carbons (Fsp3) is 0.429. The maximum atomic E-state index is 14.4. The van der Waals surface area contributed by atoms with Crippen LogP contribution in [0.5, 0.6) is 0 Å². The number of halogens is 1. The smallest absolute Gasteiger partial charge is 0.302 e. The fourth-order valence-electron chi connectivity index (χ4n) is 5.15. The third-order valence-corrected chi connectivity index (χ3v) is 7.36. The highest BCUT2D eigenvalue weighted by atomic mass is 19.1.